The van der Waals surface area contributed by atoms with E-state index in [4.69, 9.17) is 14.2 Å². The van der Waals surface area contributed by atoms with Gasteiger partial charge in [0.1, 0.15) is 0 Å². The summed E-state index contributed by atoms with van der Waals surface area (Å²) in [6.45, 7) is 5.66. The van der Waals surface area contributed by atoms with Crippen molar-refractivity contribution in [2.45, 2.75) is 33.0 Å². The van der Waals surface area contributed by atoms with E-state index >= 15 is 0 Å². The Morgan fingerprint density at radius 1 is 1.33 bits per heavy atom. The van der Waals surface area contributed by atoms with Gasteiger partial charge in [-0.3, -0.25) is 0 Å². The van der Waals surface area contributed by atoms with E-state index in [-0.39, 0.29) is 0 Å². The van der Waals surface area contributed by atoms with Crippen LogP contribution in [0.5, 0.6) is 17.2 Å². The largest absolute Gasteiger partial charge is 0.449 e. The zero-order chi connectivity index (χ0) is 13.3. The molecule has 1 heterocycles. The molecular weight excluding hydrogens is 234 g/mol. The smallest absolute Gasteiger partial charge is 0.412 e. The fourth-order valence-corrected chi connectivity index (χ4v) is 1.82. The molecule has 0 fully saturated rings. The molecule has 1 aromatic rings. The van der Waals surface area contributed by atoms with Crippen LogP contribution in [0, 0.1) is 0 Å². The van der Waals surface area contributed by atoms with Crippen molar-refractivity contribution in [3.05, 3.63) is 17.7 Å². The van der Waals surface area contributed by atoms with E-state index in [1.807, 2.05) is 26.8 Å². The van der Waals surface area contributed by atoms with Crippen molar-refractivity contribution in [2.75, 3.05) is 7.05 Å². The summed E-state index contributed by atoms with van der Waals surface area (Å²) in [6, 6.07) is 3.60. The zero-order valence-corrected chi connectivity index (χ0v) is 11.0. The van der Waals surface area contributed by atoms with Crippen molar-refractivity contribution in [1.82, 2.24) is 5.32 Å². The first-order valence-electron chi connectivity index (χ1n) is 5.90. The predicted octanol–water partition coefficient (Wildman–Crippen LogP) is 2.47. The lowest BCUT2D eigenvalue weighted by Crippen LogP contribution is -2.30. The molecule has 0 saturated carbocycles. The Kier molecular flexibility index (Phi) is 3.07. The van der Waals surface area contributed by atoms with Gasteiger partial charge in [-0.15, -0.1) is 0 Å². The molecule has 2 rings (SSSR count). The molecule has 0 unspecified atom stereocenters. The molecule has 0 saturated heterocycles. The summed E-state index contributed by atoms with van der Waals surface area (Å²) in [5, 5.41) is 2.40. The van der Waals surface area contributed by atoms with Crippen molar-refractivity contribution in [1.29, 1.82) is 0 Å². The fraction of sp³-hybridized carbons (Fsp3) is 0.462. The first-order chi connectivity index (χ1) is 8.46. The molecule has 0 atom stereocenters. The second-order valence-electron chi connectivity index (χ2n) is 4.48. The van der Waals surface area contributed by atoms with E-state index in [2.05, 4.69) is 5.32 Å². The number of benzene rings is 1. The van der Waals surface area contributed by atoms with Crippen LogP contribution in [0.3, 0.4) is 0 Å². The quantitative estimate of drug-likeness (QED) is 0.877. The summed E-state index contributed by atoms with van der Waals surface area (Å²) < 4.78 is 16.6. The first kappa shape index (κ1) is 12.5. The summed E-state index contributed by atoms with van der Waals surface area (Å²) in [7, 11) is 1.50. The van der Waals surface area contributed by atoms with Gasteiger partial charge in [0, 0.05) is 20.9 Å². The topological polar surface area (TPSA) is 56.8 Å². The normalized spacial score (nSPS) is 15.3. The Hall–Kier alpha value is -1.91. The van der Waals surface area contributed by atoms with Gasteiger partial charge in [-0.05, 0) is 18.1 Å². The minimum absolute atomic E-state index is 0.368. The summed E-state index contributed by atoms with van der Waals surface area (Å²) in [4.78, 5) is 11.3. The molecule has 0 aliphatic carbocycles. The van der Waals surface area contributed by atoms with Gasteiger partial charge in [0.15, 0.2) is 11.5 Å². The molecule has 98 valence electrons. The lowest BCUT2D eigenvalue weighted by atomic mass is 10.1. The molecule has 0 spiro atoms. The average Bonchev–Trinajstić information content (AvgIpc) is 2.65. The van der Waals surface area contributed by atoms with Crippen LogP contribution < -0.4 is 19.5 Å². The highest BCUT2D eigenvalue weighted by atomic mass is 16.7. The summed E-state index contributed by atoms with van der Waals surface area (Å²) in [6.07, 6.45) is 0.289. The third-order valence-corrected chi connectivity index (χ3v) is 2.64. The van der Waals surface area contributed by atoms with Crippen molar-refractivity contribution in [3.63, 3.8) is 0 Å². The highest BCUT2D eigenvalue weighted by molar-refractivity contribution is 5.72. The van der Waals surface area contributed by atoms with E-state index in [1.54, 1.807) is 6.07 Å². The second-order valence-corrected chi connectivity index (χ2v) is 4.48. The van der Waals surface area contributed by atoms with Gasteiger partial charge in [-0.2, -0.15) is 0 Å². The maximum atomic E-state index is 11.3. The third kappa shape index (κ3) is 2.20. The number of hydrogen-bond acceptors (Lipinski definition) is 4. The standard InChI is InChI=1S/C13H17NO4/c1-5-8-6-7-9(16-12(15)14-4)11-10(8)17-13(2,3)18-11/h6-7H,5H2,1-4H3,(H,14,15). The maximum Gasteiger partial charge on any atom is 0.412 e. The monoisotopic (exact) mass is 251 g/mol. The van der Waals surface area contributed by atoms with Crippen LogP contribution in [-0.4, -0.2) is 18.9 Å². The third-order valence-electron chi connectivity index (χ3n) is 2.64. The Balaban J connectivity index is 2.41. The van der Waals surface area contributed by atoms with Crippen molar-refractivity contribution >= 4 is 6.09 Å². The average molecular weight is 251 g/mol. The molecular formula is C13H17NO4. The van der Waals surface area contributed by atoms with Gasteiger partial charge in [-0.25, -0.2) is 4.79 Å². The first-order valence-corrected chi connectivity index (χ1v) is 5.90. The number of carbonyl (C=O) groups excluding carboxylic acids is 1. The van der Waals surface area contributed by atoms with E-state index in [0.717, 1.165) is 12.0 Å². The van der Waals surface area contributed by atoms with Gasteiger partial charge in [0.2, 0.25) is 11.5 Å². The Bertz CT molecular complexity index is 482. The summed E-state index contributed by atoms with van der Waals surface area (Å²) in [5.41, 5.74) is 1.03. The lowest BCUT2D eigenvalue weighted by molar-refractivity contribution is -0.0441. The fourth-order valence-electron chi connectivity index (χ4n) is 1.82. The second kappa shape index (κ2) is 4.40. The molecule has 5 heteroatoms. The Morgan fingerprint density at radius 3 is 2.61 bits per heavy atom. The van der Waals surface area contributed by atoms with Crippen LogP contribution in [0.15, 0.2) is 12.1 Å². The van der Waals surface area contributed by atoms with Crippen molar-refractivity contribution in [3.8, 4) is 17.2 Å². The molecule has 1 aliphatic rings. The van der Waals surface area contributed by atoms with Gasteiger partial charge in [0.25, 0.3) is 0 Å². The highest BCUT2D eigenvalue weighted by Crippen LogP contribution is 2.48. The van der Waals surface area contributed by atoms with Crippen molar-refractivity contribution < 1.29 is 19.0 Å². The minimum atomic E-state index is -0.742. The molecule has 5 nitrogen and oxygen atoms in total. The van der Waals surface area contributed by atoms with Crippen LogP contribution in [0.1, 0.15) is 26.3 Å². The minimum Gasteiger partial charge on any atom is -0.449 e. The van der Waals surface area contributed by atoms with Gasteiger partial charge in [0.05, 0.1) is 0 Å². The zero-order valence-electron chi connectivity index (χ0n) is 11.0. The Labute approximate surface area is 106 Å². The molecule has 0 bridgehead atoms. The molecule has 18 heavy (non-hydrogen) atoms. The van der Waals surface area contributed by atoms with Gasteiger partial charge < -0.3 is 19.5 Å². The van der Waals surface area contributed by atoms with E-state index in [1.165, 1.54) is 7.05 Å². The molecule has 1 N–H and O–H groups in total. The number of amides is 1. The van der Waals surface area contributed by atoms with Crippen LogP contribution in [0.2, 0.25) is 0 Å². The Morgan fingerprint density at radius 2 is 2.00 bits per heavy atom. The summed E-state index contributed by atoms with van der Waals surface area (Å²) >= 11 is 0. The van der Waals surface area contributed by atoms with Gasteiger partial charge in [-0.1, -0.05) is 13.0 Å². The molecule has 0 radical (unpaired) electrons. The molecule has 0 aromatic heterocycles. The van der Waals surface area contributed by atoms with E-state index < -0.39 is 11.9 Å². The van der Waals surface area contributed by atoms with Crippen LogP contribution in [0.4, 0.5) is 4.79 Å². The van der Waals surface area contributed by atoms with Crippen LogP contribution >= 0.6 is 0 Å². The molecule has 1 aromatic carbocycles. The highest BCUT2D eigenvalue weighted by Gasteiger charge is 2.36. The van der Waals surface area contributed by atoms with Gasteiger partial charge >= 0.3 is 6.09 Å². The van der Waals surface area contributed by atoms with Crippen molar-refractivity contribution in [2.24, 2.45) is 0 Å². The van der Waals surface area contributed by atoms with Crippen LogP contribution in [-0.2, 0) is 6.42 Å². The number of rotatable bonds is 2. The molecule has 1 amide bonds. The number of aryl methyl sites for hydroxylation is 1. The number of nitrogens with one attached hydrogen (secondary N) is 1. The number of hydrogen-bond donors (Lipinski definition) is 1. The van der Waals surface area contributed by atoms with E-state index in [9.17, 15) is 4.79 Å². The van der Waals surface area contributed by atoms with Crippen LogP contribution in [0.25, 0.3) is 0 Å². The number of carbonyl (C=O) groups is 1. The maximum absolute atomic E-state index is 11.3. The lowest BCUT2D eigenvalue weighted by Gasteiger charge is -2.16. The SMILES string of the molecule is CCc1ccc(OC(=O)NC)c2c1OC(C)(C)O2. The molecule has 1 aliphatic heterocycles. The summed E-state index contributed by atoms with van der Waals surface area (Å²) in [5.74, 6) is 0.771. The van der Waals surface area contributed by atoms with E-state index in [0.29, 0.717) is 17.2 Å². The number of ether oxygens (including phenoxy) is 3. The predicted molar refractivity (Wildman–Crippen MR) is 66.2 cm³/mol. The number of fused-ring (bicyclic) bond motifs is 1.